The van der Waals surface area contributed by atoms with Gasteiger partial charge in [-0.3, -0.25) is 9.59 Å². The minimum atomic E-state index is -0.428. The van der Waals surface area contributed by atoms with Gasteiger partial charge in [-0.15, -0.1) is 0 Å². The zero-order chi connectivity index (χ0) is 11.1. The fourth-order valence-electron chi connectivity index (χ4n) is 1.23. The number of rotatable bonds is 4. The van der Waals surface area contributed by atoms with Crippen LogP contribution in [0.1, 0.15) is 6.92 Å². The van der Waals surface area contributed by atoms with Crippen molar-refractivity contribution in [1.82, 2.24) is 10.6 Å². The number of ether oxygens (including phenoxy) is 2. The molecule has 6 nitrogen and oxygen atoms in total. The van der Waals surface area contributed by atoms with Gasteiger partial charge in [0.05, 0.1) is 19.8 Å². The van der Waals surface area contributed by atoms with Crippen LogP contribution in [0.15, 0.2) is 0 Å². The summed E-state index contributed by atoms with van der Waals surface area (Å²) in [6.07, 6.45) is 0. The Morgan fingerprint density at radius 3 is 3.00 bits per heavy atom. The van der Waals surface area contributed by atoms with E-state index in [0.29, 0.717) is 26.4 Å². The van der Waals surface area contributed by atoms with Gasteiger partial charge >= 0.3 is 5.97 Å². The molecule has 1 fully saturated rings. The van der Waals surface area contributed by atoms with Gasteiger partial charge in [0.1, 0.15) is 12.6 Å². The lowest BCUT2D eigenvalue weighted by molar-refractivity contribution is -0.143. The first-order valence-corrected chi connectivity index (χ1v) is 4.98. The van der Waals surface area contributed by atoms with Gasteiger partial charge in [-0.05, 0) is 6.92 Å². The van der Waals surface area contributed by atoms with Crippen LogP contribution in [-0.2, 0) is 19.1 Å². The van der Waals surface area contributed by atoms with Crippen LogP contribution in [0.4, 0.5) is 0 Å². The van der Waals surface area contributed by atoms with Gasteiger partial charge in [0.2, 0.25) is 5.91 Å². The topological polar surface area (TPSA) is 76.7 Å². The van der Waals surface area contributed by atoms with Crippen LogP contribution in [0.2, 0.25) is 0 Å². The Kier molecular flexibility index (Phi) is 5.06. The van der Waals surface area contributed by atoms with Crippen LogP contribution in [0.5, 0.6) is 0 Å². The maximum atomic E-state index is 11.4. The van der Waals surface area contributed by atoms with Crippen molar-refractivity contribution in [2.24, 2.45) is 0 Å². The molecular formula is C9H16N2O4. The average Bonchev–Trinajstić information content (AvgIpc) is 2.27. The molecule has 1 atom stereocenters. The van der Waals surface area contributed by atoms with Crippen molar-refractivity contribution >= 4 is 11.9 Å². The molecule has 6 heteroatoms. The number of morpholine rings is 1. The second kappa shape index (κ2) is 6.36. The van der Waals surface area contributed by atoms with E-state index in [9.17, 15) is 9.59 Å². The van der Waals surface area contributed by atoms with Crippen LogP contribution < -0.4 is 10.6 Å². The highest BCUT2D eigenvalue weighted by Crippen LogP contribution is 1.92. The molecule has 0 radical (unpaired) electrons. The molecule has 1 heterocycles. The Balaban J connectivity index is 2.19. The standard InChI is InChI=1S/C9H16N2O4/c1-2-15-8(12)5-11-9(13)7-6-14-4-3-10-7/h7,10H,2-6H2,1H3,(H,11,13)/t7-/m0/s1. The first kappa shape index (κ1) is 11.9. The maximum Gasteiger partial charge on any atom is 0.325 e. The summed E-state index contributed by atoms with van der Waals surface area (Å²) in [4.78, 5) is 22.4. The minimum Gasteiger partial charge on any atom is -0.465 e. The first-order valence-electron chi connectivity index (χ1n) is 4.98. The molecule has 0 saturated carbocycles. The quantitative estimate of drug-likeness (QED) is 0.568. The molecule has 0 unspecified atom stereocenters. The maximum absolute atomic E-state index is 11.4. The normalized spacial score (nSPS) is 20.7. The molecular weight excluding hydrogens is 200 g/mol. The number of carbonyl (C=O) groups is 2. The number of hydrogen-bond acceptors (Lipinski definition) is 5. The van der Waals surface area contributed by atoms with Crippen LogP contribution >= 0.6 is 0 Å². The number of carbonyl (C=O) groups excluding carboxylic acids is 2. The lowest BCUT2D eigenvalue weighted by Gasteiger charge is -2.22. The summed E-state index contributed by atoms with van der Waals surface area (Å²) in [5.74, 6) is -0.662. The van der Waals surface area contributed by atoms with Crippen LogP contribution in [0, 0.1) is 0 Å². The summed E-state index contributed by atoms with van der Waals surface area (Å²) < 4.78 is 9.79. The average molecular weight is 216 g/mol. The molecule has 1 aliphatic rings. The number of amides is 1. The second-order valence-corrected chi connectivity index (χ2v) is 3.10. The third-order valence-corrected chi connectivity index (χ3v) is 1.95. The van der Waals surface area contributed by atoms with Crippen LogP contribution in [0.3, 0.4) is 0 Å². The Morgan fingerprint density at radius 1 is 1.60 bits per heavy atom. The highest BCUT2D eigenvalue weighted by molar-refractivity contribution is 5.85. The number of nitrogens with one attached hydrogen (secondary N) is 2. The zero-order valence-corrected chi connectivity index (χ0v) is 8.75. The van der Waals surface area contributed by atoms with E-state index in [1.807, 2.05) is 0 Å². The van der Waals surface area contributed by atoms with Crippen molar-refractivity contribution in [3.63, 3.8) is 0 Å². The van der Waals surface area contributed by atoms with Gasteiger partial charge in [-0.2, -0.15) is 0 Å². The third-order valence-electron chi connectivity index (χ3n) is 1.95. The Labute approximate surface area is 88.3 Å². The summed E-state index contributed by atoms with van der Waals surface area (Å²) in [5, 5.41) is 5.47. The largest absolute Gasteiger partial charge is 0.465 e. The van der Waals surface area contributed by atoms with Crippen molar-refractivity contribution in [3.8, 4) is 0 Å². The number of esters is 1. The second-order valence-electron chi connectivity index (χ2n) is 3.10. The monoisotopic (exact) mass is 216 g/mol. The van der Waals surface area contributed by atoms with Crippen LogP contribution in [0.25, 0.3) is 0 Å². The lowest BCUT2D eigenvalue weighted by atomic mass is 10.2. The van der Waals surface area contributed by atoms with E-state index in [-0.39, 0.29) is 18.5 Å². The summed E-state index contributed by atoms with van der Waals surface area (Å²) in [7, 11) is 0. The molecule has 2 N–H and O–H groups in total. The Morgan fingerprint density at radius 2 is 2.40 bits per heavy atom. The predicted octanol–water partition coefficient (Wildman–Crippen LogP) is -1.35. The van der Waals surface area contributed by atoms with Crippen molar-refractivity contribution in [3.05, 3.63) is 0 Å². The molecule has 0 bridgehead atoms. The fourth-order valence-corrected chi connectivity index (χ4v) is 1.23. The molecule has 86 valence electrons. The highest BCUT2D eigenvalue weighted by Gasteiger charge is 2.21. The fraction of sp³-hybridized carbons (Fsp3) is 0.778. The van der Waals surface area contributed by atoms with Gasteiger partial charge in [0.15, 0.2) is 0 Å². The predicted molar refractivity (Wildman–Crippen MR) is 52.3 cm³/mol. The molecule has 1 rings (SSSR count). The molecule has 0 aromatic heterocycles. The van der Waals surface area contributed by atoms with E-state index < -0.39 is 5.97 Å². The van der Waals surface area contributed by atoms with E-state index in [1.54, 1.807) is 6.92 Å². The van der Waals surface area contributed by atoms with Crippen molar-refractivity contribution in [2.45, 2.75) is 13.0 Å². The van der Waals surface area contributed by atoms with Gasteiger partial charge in [-0.25, -0.2) is 0 Å². The molecule has 0 aliphatic carbocycles. The van der Waals surface area contributed by atoms with Crippen molar-refractivity contribution < 1.29 is 19.1 Å². The van der Waals surface area contributed by atoms with E-state index in [1.165, 1.54) is 0 Å². The molecule has 0 aromatic rings. The smallest absolute Gasteiger partial charge is 0.325 e. The van der Waals surface area contributed by atoms with Gasteiger partial charge in [-0.1, -0.05) is 0 Å². The summed E-state index contributed by atoms with van der Waals surface area (Å²) in [6, 6.07) is -0.367. The molecule has 1 aliphatic heterocycles. The molecule has 15 heavy (non-hydrogen) atoms. The highest BCUT2D eigenvalue weighted by atomic mass is 16.5. The van der Waals surface area contributed by atoms with E-state index >= 15 is 0 Å². The van der Waals surface area contributed by atoms with E-state index in [2.05, 4.69) is 15.4 Å². The lowest BCUT2D eigenvalue weighted by Crippen LogP contribution is -2.52. The van der Waals surface area contributed by atoms with E-state index in [0.717, 1.165) is 0 Å². The Bertz CT molecular complexity index is 226. The molecule has 1 saturated heterocycles. The summed E-state index contributed by atoms with van der Waals surface area (Å²) in [5.41, 5.74) is 0. The number of hydrogen-bond donors (Lipinski definition) is 2. The van der Waals surface area contributed by atoms with Gasteiger partial charge in [0, 0.05) is 6.54 Å². The Hall–Kier alpha value is -1.14. The summed E-state index contributed by atoms with van der Waals surface area (Å²) >= 11 is 0. The first-order chi connectivity index (χ1) is 7.24. The van der Waals surface area contributed by atoms with Crippen molar-refractivity contribution in [1.29, 1.82) is 0 Å². The molecule has 0 spiro atoms. The minimum absolute atomic E-state index is 0.0924. The third kappa shape index (κ3) is 4.26. The molecule has 0 aromatic carbocycles. The van der Waals surface area contributed by atoms with Crippen molar-refractivity contribution in [2.75, 3.05) is 32.9 Å². The SMILES string of the molecule is CCOC(=O)CNC(=O)[C@@H]1COCCN1. The van der Waals surface area contributed by atoms with Gasteiger partial charge in [0.25, 0.3) is 0 Å². The zero-order valence-electron chi connectivity index (χ0n) is 8.75. The van der Waals surface area contributed by atoms with Gasteiger partial charge < -0.3 is 20.1 Å². The van der Waals surface area contributed by atoms with E-state index in [4.69, 9.17) is 4.74 Å². The van der Waals surface area contributed by atoms with Crippen LogP contribution in [-0.4, -0.2) is 50.8 Å². The molecule has 1 amide bonds. The summed E-state index contributed by atoms with van der Waals surface area (Å²) in [6.45, 7) is 3.55.